The van der Waals surface area contributed by atoms with E-state index in [9.17, 15) is 9.59 Å². The van der Waals surface area contributed by atoms with E-state index in [1.807, 2.05) is 34.6 Å². The normalized spacial score (nSPS) is 16.6. The number of carbonyl (C=O) groups excluding carboxylic acids is 2. The Labute approximate surface area is 156 Å². The molecule has 1 aliphatic rings. The van der Waals surface area contributed by atoms with Crippen LogP contribution in [0.3, 0.4) is 0 Å². The first-order valence-electron chi connectivity index (χ1n) is 8.15. The van der Waals surface area contributed by atoms with Gasteiger partial charge in [0.2, 0.25) is 0 Å². The van der Waals surface area contributed by atoms with Gasteiger partial charge in [0.25, 0.3) is 0 Å². The Bertz CT molecular complexity index is 711. The minimum atomic E-state index is -0.701. The van der Waals surface area contributed by atoms with Crippen molar-refractivity contribution in [2.45, 2.75) is 78.7 Å². The highest BCUT2D eigenvalue weighted by Crippen LogP contribution is 2.42. The van der Waals surface area contributed by atoms with E-state index < -0.39 is 28.9 Å². The Morgan fingerprint density at radius 1 is 1.04 bits per heavy atom. The molecule has 0 spiro atoms. The number of halogens is 1. The molecule has 25 heavy (non-hydrogen) atoms. The van der Waals surface area contributed by atoms with E-state index in [1.54, 1.807) is 25.7 Å². The molecular weight excluding hydrogens is 390 g/mol. The van der Waals surface area contributed by atoms with Crippen molar-refractivity contribution in [2.24, 2.45) is 0 Å². The van der Waals surface area contributed by atoms with Gasteiger partial charge in [0.1, 0.15) is 15.8 Å². The standard InChI is InChI=1S/C17H26BrN3O4/c1-15(2,3)24-13(22)20-9-10-11(17(20,7)8)19-21(12(10)18)14(23)25-16(4,5)6/h9H2,1-8H3. The van der Waals surface area contributed by atoms with Gasteiger partial charge in [-0.05, 0) is 71.3 Å². The molecule has 140 valence electrons. The molecule has 0 aromatic carbocycles. The molecule has 0 saturated carbocycles. The molecular formula is C17H26BrN3O4. The Balaban J connectivity index is 2.32. The van der Waals surface area contributed by atoms with Gasteiger partial charge >= 0.3 is 12.2 Å². The summed E-state index contributed by atoms with van der Waals surface area (Å²) >= 11 is 3.42. The lowest BCUT2D eigenvalue weighted by Crippen LogP contribution is -2.44. The molecule has 0 bridgehead atoms. The van der Waals surface area contributed by atoms with Gasteiger partial charge in [-0.3, -0.25) is 4.90 Å². The van der Waals surface area contributed by atoms with Crippen LogP contribution >= 0.6 is 15.9 Å². The van der Waals surface area contributed by atoms with E-state index in [4.69, 9.17) is 9.47 Å². The summed E-state index contributed by atoms with van der Waals surface area (Å²) in [4.78, 5) is 26.5. The van der Waals surface area contributed by atoms with E-state index in [2.05, 4.69) is 21.0 Å². The molecule has 8 heteroatoms. The van der Waals surface area contributed by atoms with Gasteiger partial charge in [-0.1, -0.05) is 0 Å². The molecule has 7 nitrogen and oxygen atoms in total. The first kappa shape index (κ1) is 19.8. The quantitative estimate of drug-likeness (QED) is 0.626. The molecule has 0 saturated heterocycles. The van der Waals surface area contributed by atoms with Crippen molar-refractivity contribution in [3.63, 3.8) is 0 Å². The van der Waals surface area contributed by atoms with Crippen molar-refractivity contribution in [2.75, 3.05) is 0 Å². The fourth-order valence-corrected chi connectivity index (χ4v) is 3.12. The second-order valence-electron chi connectivity index (χ2n) is 8.64. The molecule has 2 rings (SSSR count). The average Bonchev–Trinajstić information content (AvgIpc) is 2.81. The van der Waals surface area contributed by atoms with Crippen molar-refractivity contribution < 1.29 is 19.1 Å². The number of nitrogens with zero attached hydrogens (tertiary/aromatic N) is 3. The largest absolute Gasteiger partial charge is 0.444 e. The fraction of sp³-hybridized carbons (Fsp3) is 0.706. The number of rotatable bonds is 0. The third-order valence-corrected chi connectivity index (χ3v) is 4.49. The third-order valence-electron chi connectivity index (χ3n) is 3.67. The van der Waals surface area contributed by atoms with Crippen LogP contribution in [-0.4, -0.2) is 38.1 Å². The lowest BCUT2D eigenvalue weighted by molar-refractivity contribution is 0.00426. The second-order valence-corrected chi connectivity index (χ2v) is 9.39. The van der Waals surface area contributed by atoms with Gasteiger partial charge < -0.3 is 9.47 Å². The van der Waals surface area contributed by atoms with E-state index in [0.717, 1.165) is 5.56 Å². The van der Waals surface area contributed by atoms with Crippen molar-refractivity contribution >= 4 is 28.1 Å². The predicted molar refractivity (Wildman–Crippen MR) is 96.4 cm³/mol. The van der Waals surface area contributed by atoms with Crippen LogP contribution in [0.25, 0.3) is 0 Å². The van der Waals surface area contributed by atoms with E-state index in [-0.39, 0.29) is 0 Å². The lowest BCUT2D eigenvalue weighted by Gasteiger charge is -2.33. The number of aromatic nitrogens is 2. The van der Waals surface area contributed by atoms with Crippen molar-refractivity contribution in [1.29, 1.82) is 0 Å². The molecule has 2 heterocycles. The highest BCUT2D eigenvalue weighted by molar-refractivity contribution is 9.10. The van der Waals surface area contributed by atoms with Gasteiger partial charge in [-0.15, -0.1) is 0 Å². The molecule has 0 fully saturated rings. The maximum absolute atomic E-state index is 12.5. The van der Waals surface area contributed by atoms with Crippen LogP contribution < -0.4 is 0 Å². The molecule has 1 aromatic rings. The number of hydrogen-bond donors (Lipinski definition) is 0. The Hall–Kier alpha value is -1.57. The average molecular weight is 416 g/mol. The van der Waals surface area contributed by atoms with Crippen LogP contribution in [-0.2, 0) is 21.6 Å². The monoisotopic (exact) mass is 415 g/mol. The number of ether oxygens (including phenoxy) is 2. The fourth-order valence-electron chi connectivity index (χ4n) is 2.58. The second kappa shape index (κ2) is 6.00. The molecule has 0 unspecified atom stereocenters. The van der Waals surface area contributed by atoms with Gasteiger partial charge in [0.05, 0.1) is 17.8 Å². The summed E-state index contributed by atoms with van der Waals surface area (Å²) in [5, 5.41) is 4.40. The summed E-state index contributed by atoms with van der Waals surface area (Å²) in [6.07, 6.45) is -0.973. The first-order valence-corrected chi connectivity index (χ1v) is 8.94. The van der Waals surface area contributed by atoms with Crippen molar-refractivity contribution in [1.82, 2.24) is 14.7 Å². The molecule has 1 amide bonds. The summed E-state index contributed by atoms with van der Waals surface area (Å²) in [5.41, 5.74) is -0.475. The molecule has 1 aromatic heterocycles. The smallest absolute Gasteiger partial charge is 0.436 e. The summed E-state index contributed by atoms with van der Waals surface area (Å²) < 4.78 is 12.6. The van der Waals surface area contributed by atoms with Crippen LogP contribution in [0.2, 0.25) is 0 Å². The van der Waals surface area contributed by atoms with E-state index in [0.29, 0.717) is 16.8 Å². The summed E-state index contributed by atoms with van der Waals surface area (Å²) in [6, 6.07) is 0. The van der Waals surface area contributed by atoms with E-state index in [1.165, 1.54) is 4.68 Å². The molecule has 1 aliphatic heterocycles. The number of fused-ring (bicyclic) bond motifs is 1. The number of carbonyl (C=O) groups is 2. The number of amides is 1. The zero-order valence-corrected chi connectivity index (χ0v) is 17.6. The zero-order valence-electron chi connectivity index (χ0n) is 16.1. The molecule has 0 atom stereocenters. The Morgan fingerprint density at radius 2 is 1.52 bits per heavy atom. The maximum Gasteiger partial charge on any atom is 0.436 e. The van der Waals surface area contributed by atoms with Crippen molar-refractivity contribution in [3.05, 3.63) is 15.9 Å². The predicted octanol–water partition coefficient (Wildman–Crippen LogP) is 4.41. The Morgan fingerprint density at radius 3 is 1.96 bits per heavy atom. The first-order chi connectivity index (χ1) is 11.1. The van der Waals surface area contributed by atoms with Crippen LogP contribution in [0.1, 0.15) is 66.6 Å². The van der Waals surface area contributed by atoms with Gasteiger partial charge in [-0.25, -0.2) is 9.59 Å². The molecule has 0 radical (unpaired) electrons. The maximum atomic E-state index is 12.5. The zero-order chi connectivity index (χ0) is 19.4. The highest BCUT2D eigenvalue weighted by Gasteiger charge is 2.46. The van der Waals surface area contributed by atoms with Crippen LogP contribution in [0.5, 0.6) is 0 Å². The van der Waals surface area contributed by atoms with Gasteiger partial charge in [0, 0.05) is 5.56 Å². The van der Waals surface area contributed by atoms with Crippen LogP contribution in [0.15, 0.2) is 4.60 Å². The van der Waals surface area contributed by atoms with Crippen LogP contribution in [0.4, 0.5) is 9.59 Å². The minimum Gasteiger partial charge on any atom is -0.444 e. The van der Waals surface area contributed by atoms with Gasteiger partial charge in [0.15, 0.2) is 0 Å². The topological polar surface area (TPSA) is 73.7 Å². The third kappa shape index (κ3) is 3.99. The number of hydrogen-bond acceptors (Lipinski definition) is 5. The summed E-state index contributed by atoms with van der Waals surface area (Å²) in [7, 11) is 0. The highest BCUT2D eigenvalue weighted by atomic mass is 79.9. The minimum absolute atomic E-state index is 0.306. The van der Waals surface area contributed by atoms with E-state index >= 15 is 0 Å². The van der Waals surface area contributed by atoms with Crippen LogP contribution in [0, 0.1) is 0 Å². The van der Waals surface area contributed by atoms with Gasteiger partial charge in [-0.2, -0.15) is 9.78 Å². The molecule has 0 N–H and O–H groups in total. The summed E-state index contributed by atoms with van der Waals surface area (Å²) in [6.45, 7) is 14.9. The summed E-state index contributed by atoms with van der Waals surface area (Å²) in [5.74, 6) is 0. The lowest BCUT2D eigenvalue weighted by atomic mass is 10.0. The van der Waals surface area contributed by atoms with Crippen molar-refractivity contribution in [3.8, 4) is 0 Å². The molecule has 0 aliphatic carbocycles. The Kier molecular flexibility index (Phi) is 4.74. The SMILES string of the molecule is CC(C)(C)OC(=O)N1Cc2c(nn(C(=O)OC(C)(C)C)c2Br)C1(C)C.